The molecule has 1 N–H and O–H groups in total. The van der Waals surface area contributed by atoms with Gasteiger partial charge in [-0.05, 0) is 55.2 Å². The van der Waals surface area contributed by atoms with E-state index in [9.17, 15) is 4.79 Å². The van der Waals surface area contributed by atoms with Crippen LogP contribution in [-0.2, 0) is 9.53 Å². The molecule has 4 heteroatoms. The fourth-order valence-electron chi connectivity index (χ4n) is 3.23. The van der Waals surface area contributed by atoms with Gasteiger partial charge < -0.3 is 14.8 Å². The lowest BCUT2D eigenvalue weighted by Gasteiger charge is -2.22. The van der Waals surface area contributed by atoms with E-state index in [0.29, 0.717) is 0 Å². The number of nitrogens with one attached hydrogen (secondary N) is 1. The first-order chi connectivity index (χ1) is 11.6. The van der Waals surface area contributed by atoms with Crippen LogP contribution in [0.1, 0.15) is 38.2 Å². The van der Waals surface area contributed by atoms with Gasteiger partial charge in [-0.2, -0.15) is 0 Å². The van der Waals surface area contributed by atoms with Gasteiger partial charge in [0.25, 0.3) is 0 Å². The van der Waals surface area contributed by atoms with Crippen molar-refractivity contribution in [3.63, 3.8) is 0 Å². The van der Waals surface area contributed by atoms with Gasteiger partial charge >= 0.3 is 0 Å². The number of amides is 1. The number of fused-ring (bicyclic) bond motifs is 1. The molecule has 1 fully saturated rings. The van der Waals surface area contributed by atoms with Gasteiger partial charge in [0.2, 0.25) is 5.91 Å². The molecule has 3 rings (SSSR count). The minimum atomic E-state index is -0.194. The predicted molar refractivity (Wildman–Crippen MR) is 95.5 cm³/mol. The monoisotopic (exact) mass is 327 g/mol. The number of ether oxygens (including phenoxy) is 2. The molecule has 0 aliphatic carbocycles. The molecule has 0 aromatic heterocycles. The number of methoxy groups -OCH3 is 1. The number of rotatable bonds is 5. The van der Waals surface area contributed by atoms with Gasteiger partial charge in [0.05, 0.1) is 25.2 Å². The fraction of sp³-hybridized carbons (Fsp3) is 0.450. The summed E-state index contributed by atoms with van der Waals surface area (Å²) in [5.41, 5.74) is 1.02. The van der Waals surface area contributed by atoms with Crippen LogP contribution in [0.3, 0.4) is 0 Å². The Labute approximate surface area is 143 Å². The largest absolute Gasteiger partial charge is 0.497 e. The molecule has 1 saturated heterocycles. The molecule has 24 heavy (non-hydrogen) atoms. The molecule has 2 unspecified atom stereocenters. The molecule has 2 aromatic carbocycles. The van der Waals surface area contributed by atoms with E-state index in [1.54, 1.807) is 7.11 Å². The van der Waals surface area contributed by atoms with Crippen molar-refractivity contribution < 1.29 is 14.3 Å². The van der Waals surface area contributed by atoms with E-state index in [1.807, 2.05) is 44.2 Å². The molecular weight excluding hydrogens is 302 g/mol. The molecule has 0 spiro atoms. The SMILES string of the molecule is COc1ccc2cc([C@H](C)C(=O)NC(C)C3CCCO3)ccc2c1. The Kier molecular flexibility index (Phi) is 5.05. The molecule has 3 atom stereocenters. The second-order valence-electron chi connectivity index (χ2n) is 6.54. The maximum Gasteiger partial charge on any atom is 0.227 e. The van der Waals surface area contributed by atoms with E-state index in [0.717, 1.165) is 41.5 Å². The average Bonchev–Trinajstić information content (AvgIpc) is 3.14. The third kappa shape index (κ3) is 3.54. The summed E-state index contributed by atoms with van der Waals surface area (Å²) in [6.07, 6.45) is 2.24. The Bertz CT molecular complexity index is 722. The lowest BCUT2D eigenvalue weighted by Crippen LogP contribution is -2.42. The molecule has 1 aliphatic rings. The van der Waals surface area contributed by atoms with Crippen molar-refractivity contribution in [3.8, 4) is 5.75 Å². The fourth-order valence-corrected chi connectivity index (χ4v) is 3.23. The first kappa shape index (κ1) is 16.8. The zero-order valence-electron chi connectivity index (χ0n) is 14.5. The third-order valence-corrected chi connectivity index (χ3v) is 4.86. The highest BCUT2D eigenvalue weighted by molar-refractivity contribution is 5.88. The zero-order valence-corrected chi connectivity index (χ0v) is 14.5. The van der Waals surface area contributed by atoms with Crippen molar-refractivity contribution in [3.05, 3.63) is 42.0 Å². The van der Waals surface area contributed by atoms with Gasteiger partial charge in [0.15, 0.2) is 0 Å². The predicted octanol–water partition coefficient (Wildman–Crippen LogP) is 3.64. The van der Waals surface area contributed by atoms with E-state index in [-0.39, 0.29) is 24.0 Å². The summed E-state index contributed by atoms with van der Waals surface area (Å²) in [4.78, 5) is 12.6. The number of carbonyl (C=O) groups is 1. The maximum absolute atomic E-state index is 12.6. The van der Waals surface area contributed by atoms with Crippen LogP contribution >= 0.6 is 0 Å². The molecule has 1 aliphatic heterocycles. The Balaban J connectivity index is 1.72. The van der Waals surface area contributed by atoms with Crippen LogP contribution in [0.4, 0.5) is 0 Å². The van der Waals surface area contributed by atoms with Crippen molar-refractivity contribution in [2.75, 3.05) is 13.7 Å². The van der Waals surface area contributed by atoms with Crippen molar-refractivity contribution in [2.45, 2.75) is 44.8 Å². The molecule has 4 nitrogen and oxygen atoms in total. The van der Waals surface area contributed by atoms with Crippen LogP contribution < -0.4 is 10.1 Å². The Morgan fingerprint density at radius 3 is 2.67 bits per heavy atom. The molecule has 0 bridgehead atoms. The topological polar surface area (TPSA) is 47.6 Å². The molecule has 0 radical (unpaired) electrons. The number of hydrogen-bond acceptors (Lipinski definition) is 3. The van der Waals surface area contributed by atoms with Gasteiger partial charge in [-0.25, -0.2) is 0 Å². The molecule has 0 saturated carbocycles. The molecular formula is C20H25NO3. The van der Waals surface area contributed by atoms with Gasteiger partial charge in [-0.3, -0.25) is 4.79 Å². The summed E-state index contributed by atoms with van der Waals surface area (Å²) in [6, 6.07) is 12.2. The zero-order chi connectivity index (χ0) is 17.1. The van der Waals surface area contributed by atoms with E-state index in [4.69, 9.17) is 9.47 Å². The standard InChI is InChI=1S/C20H25NO3/c1-13(20(22)21-14(2)19-5-4-10-24-19)15-6-7-17-12-18(23-3)9-8-16(17)11-15/h6-9,11-14,19H,4-5,10H2,1-3H3,(H,21,22)/t13-,14?,19?/m0/s1. The smallest absolute Gasteiger partial charge is 0.227 e. The average molecular weight is 327 g/mol. The van der Waals surface area contributed by atoms with E-state index < -0.39 is 0 Å². The Morgan fingerprint density at radius 2 is 1.96 bits per heavy atom. The van der Waals surface area contributed by atoms with Crippen LogP contribution in [0.2, 0.25) is 0 Å². The van der Waals surface area contributed by atoms with Gasteiger partial charge in [0.1, 0.15) is 5.75 Å². The summed E-state index contributed by atoms with van der Waals surface area (Å²) >= 11 is 0. The second kappa shape index (κ2) is 7.22. The maximum atomic E-state index is 12.6. The van der Waals surface area contributed by atoms with E-state index in [2.05, 4.69) is 11.4 Å². The normalized spacial score (nSPS) is 19.9. The van der Waals surface area contributed by atoms with E-state index >= 15 is 0 Å². The van der Waals surface area contributed by atoms with Crippen LogP contribution in [0.15, 0.2) is 36.4 Å². The van der Waals surface area contributed by atoms with Crippen LogP contribution in [0.25, 0.3) is 10.8 Å². The number of carbonyl (C=O) groups excluding carboxylic acids is 1. The summed E-state index contributed by atoms with van der Waals surface area (Å²) in [5, 5.41) is 5.32. The molecule has 1 heterocycles. The highest BCUT2D eigenvalue weighted by Gasteiger charge is 2.25. The third-order valence-electron chi connectivity index (χ3n) is 4.86. The van der Waals surface area contributed by atoms with Crippen molar-refractivity contribution in [1.29, 1.82) is 0 Å². The minimum Gasteiger partial charge on any atom is -0.497 e. The summed E-state index contributed by atoms with van der Waals surface area (Å²) < 4.78 is 10.9. The summed E-state index contributed by atoms with van der Waals surface area (Å²) in [7, 11) is 1.66. The van der Waals surface area contributed by atoms with Crippen molar-refractivity contribution in [1.82, 2.24) is 5.32 Å². The van der Waals surface area contributed by atoms with Gasteiger partial charge in [-0.1, -0.05) is 24.3 Å². The molecule has 2 aromatic rings. The molecule has 1 amide bonds. The summed E-state index contributed by atoms with van der Waals surface area (Å²) in [6.45, 7) is 4.77. The van der Waals surface area contributed by atoms with Crippen LogP contribution in [0.5, 0.6) is 5.75 Å². The Hall–Kier alpha value is -2.07. The van der Waals surface area contributed by atoms with E-state index in [1.165, 1.54) is 0 Å². The summed E-state index contributed by atoms with van der Waals surface area (Å²) in [5.74, 6) is 0.692. The Morgan fingerprint density at radius 1 is 1.21 bits per heavy atom. The van der Waals surface area contributed by atoms with Gasteiger partial charge in [-0.15, -0.1) is 0 Å². The number of benzene rings is 2. The lowest BCUT2D eigenvalue weighted by molar-refractivity contribution is -0.123. The first-order valence-corrected chi connectivity index (χ1v) is 8.58. The first-order valence-electron chi connectivity index (χ1n) is 8.58. The van der Waals surface area contributed by atoms with Crippen molar-refractivity contribution in [2.24, 2.45) is 0 Å². The highest BCUT2D eigenvalue weighted by atomic mass is 16.5. The van der Waals surface area contributed by atoms with Crippen LogP contribution in [0, 0.1) is 0 Å². The van der Waals surface area contributed by atoms with Crippen LogP contribution in [-0.4, -0.2) is 31.8 Å². The highest BCUT2D eigenvalue weighted by Crippen LogP contribution is 2.25. The molecule has 128 valence electrons. The van der Waals surface area contributed by atoms with Gasteiger partial charge in [0, 0.05) is 6.61 Å². The minimum absolute atomic E-state index is 0.0471. The second-order valence-corrected chi connectivity index (χ2v) is 6.54. The quantitative estimate of drug-likeness (QED) is 0.912. The van der Waals surface area contributed by atoms with Crippen molar-refractivity contribution >= 4 is 16.7 Å². The lowest BCUT2D eigenvalue weighted by atomic mass is 9.96. The number of hydrogen-bond donors (Lipinski definition) is 1.